The Bertz CT molecular complexity index is 1630. The zero-order valence-corrected chi connectivity index (χ0v) is 21.1. The minimum atomic E-state index is -5.43. The standard InChI is InChI=1S/C22H22F3N9O3S/c1-3-16-18(33-11-13(2)7-29-21(33)30-16)20(35)28-10-14-8-26-19(27-9-14)17-6-15-12-32(4-5-34(15)31-17)38(36,37)22(23,24)25/h6-9,11H,3-5,10,12H2,1-2H3,(H,28,35). The SMILES string of the molecule is CCc1nc2ncc(C)cn2c1C(=O)NCc1cnc(-c2cc3n(n2)CCN(S(=O)(=O)C(F)(F)F)C3)nc1. The lowest BCUT2D eigenvalue weighted by atomic mass is 10.2. The van der Waals surface area contributed by atoms with Gasteiger partial charge in [-0.3, -0.25) is 13.9 Å². The average Bonchev–Trinajstić information content (AvgIpc) is 3.47. The number of hydrogen-bond acceptors (Lipinski definition) is 8. The summed E-state index contributed by atoms with van der Waals surface area (Å²) < 4.78 is 65.7. The maximum absolute atomic E-state index is 13.0. The molecule has 0 fully saturated rings. The van der Waals surface area contributed by atoms with Crippen LogP contribution < -0.4 is 5.32 Å². The van der Waals surface area contributed by atoms with Crippen LogP contribution in [0.2, 0.25) is 0 Å². The number of alkyl halides is 3. The fourth-order valence-corrected chi connectivity index (χ4v) is 5.03. The Kier molecular flexibility index (Phi) is 6.38. The van der Waals surface area contributed by atoms with Gasteiger partial charge in [-0.05, 0) is 25.0 Å². The van der Waals surface area contributed by atoms with Crippen LogP contribution in [-0.2, 0) is 36.1 Å². The molecule has 1 amide bonds. The Morgan fingerprint density at radius 3 is 2.55 bits per heavy atom. The van der Waals surface area contributed by atoms with Crippen LogP contribution in [-0.4, -0.2) is 64.8 Å². The van der Waals surface area contributed by atoms with E-state index in [1.165, 1.54) is 23.1 Å². The van der Waals surface area contributed by atoms with Gasteiger partial charge in [0.25, 0.3) is 5.91 Å². The van der Waals surface area contributed by atoms with Crippen LogP contribution in [0.1, 0.15) is 39.9 Å². The highest BCUT2D eigenvalue weighted by atomic mass is 32.2. The third-order valence-electron chi connectivity index (χ3n) is 6.01. The smallest absolute Gasteiger partial charge is 0.346 e. The average molecular weight is 550 g/mol. The van der Waals surface area contributed by atoms with Gasteiger partial charge < -0.3 is 5.32 Å². The summed E-state index contributed by atoms with van der Waals surface area (Å²) in [4.78, 5) is 30.2. The minimum Gasteiger partial charge on any atom is -0.346 e. The lowest BCUT2D eigenvalue weighted by Crippen LogP contribution is -2.44. The molecule has 0 bridgehead atoms. The molecule has 38 heavy (non-hydrogen) atoms. The number of aromatic nitrogens is 7. The fourth-order valence-electron chi connectivity index (χ4n) is 4.11. The summed E-state index contributed by atoms with van der Waals surface area (Å²) in [5.74, 6) is 0.321. The van der Waals surface area contributed by atoms with Crippen LogP contribution in [0.4, 0.5) is 13.2 Å². The number of amides is 1. The number of halogens is 3. The van der Waals surface area contributed by atoms with Gasteiger partial charge in [0.05, 0.1) is 24.5 Å². The summed E-state index contributed by atoms with van der Waals surface area (Å²) >= 11 is 0. The molecule has 0 radical (unpaired) electrons. The molecule has 0 aromatic carbocycles. The van der Waals surface area contributed by atoms with Crippen molar-refractivity contribution in [2.24, 2.45) is 0 Å². The van der Waals surface area contributed by atoms with Crippen molar-refractivity contribution in [3.05, 3.63) is 59.1 Å². The number of sulfonamides is 1. The second-order valence-electron chi connectivity index (χ2n) is 8.69. The molecule has 1 aliphatic heterocycles. The number of nitrogens with zero attached hydrogens (tertiary/aromatic N) is 8. The van der Waals surface area contributed by atoms with Gasteiger partial charge in [0.1, 0.15) is 11.4 Å². The summed E-state index contributed by atoms with van der Waals surface area (Å²) in [5.41, 5.74) is -2.27. The van der Waals surface area contributed by atoms with E-state index in [4.69, 9.17) is 0 Å². The van der Waals surface area contributed by atoms with E-state index in [1.54, 1.807) is 16.8 Å². The lowest BCUT2D eigenvalue weighted by Gasteiger charge is -2.27. The van der Waals surface area contributed by atoms with E-state index in [2.05, 4.69) is 30.4 Å². The highest BCUT2D eigenvalue weighted by Crippen LogP contribution is 2.30. The van der Waals surface area contributed by atoms with Crippen molar-refractivity contribution in [1.82, 2.24) is 43.7 Å². The van der Waals surface area contributed by atoms with Gasteiger partial charge in [0.15, 0.2) is 5.82 Å². The minimum absolute atomic E-state index is 0.0349. The summed E-state index contributed by atoms with van der Waals surface area (Å²) in [6.45, 7) is 3.06. The molecule has 0 saturated heterocycles. The molecule has 1 aliphatic rings. The lowest BCUT2D eigenvalue weighted by molar-refractivity contribution is -0.0496. The van der Waals surface area contributed by atoms with E-state index in [0.717, 1.165) is 5.56 Å². The van der Waals surface area contributed by atoms with E-state index in [-0.39, 0.29) is 31.4 Å². The van der Waals surface area contributed by atoms with Gasteiger partial charge in [0, 0.05) is 43.4 Å². The van der Waals surface area contributed by atoms with Gasteiger partial charge in [-0.15, -0.1) is 0 Å². The molecule has 5 rings (SSSR count). The van der Waals surface area contributed by atoms with Crippen molar-refractivity contribution in [2.45, 2.75) is 45.4 Å². The highest BCUT2D eigenvalue weighted by Gasteiger charge is 2.50. The van der Waals surface area contributed by atoms with Crippen LogP contribution >= 0.6 is 0 Å². The molecule has 4 aromatic heterocycles. The summed E-state index contributed by atoms with van der Waals surface area (Å²) in [7, 11) is -5.43. The topological polar surface area (TPSA) is 140 Å². The summed E-state index contributed by atoms with van der Waals surface area (Å²) in [6.07, 6.45) is 7.03. The van der Waals surface area contributed by atoms with Crippen molar-refractivity contribution in [1.29, 1.82) is 0 Å². The number of imidazole rings is 1. The number of carbonyl (C=O) groups is 1. The van der Waals surface area contributed by atoms with Crippen molar-refractivity contribution < 1.29 is 26.4 Å². The van der Waals surface area contributed by atoms with Crippen molar-refractivity contribution in [2.75, 3.05) is 6.54 Å². The molecule has 1 N–H and O–H groups in total. The third kappa shape index (κ3) is 4.60. The predicted octanol–water partition coefficient (Wildman–Crippen LogP) is 1.85. The van der Waals surface area contributed by atoms with Crippen LogP contribution in [0.5, 0.6) is 0 Å². The zero-order valence-electron chi connectivity index (χ0n) is 20.3. The molecule has 5 heterocycles. The Morgan fingerprint density at radius 1 is 1.13 bits per heavy atom. The zero-order chi connectivity index (χ0) is 27.2. The molecule has 0 aliphatic carbocycles. The van der Waals surface area contributed by atoms with Crippen molar-refractivity contribution in [3.8, 4) is 11.5 Å². The molecular weight excluding hydrogens is 527 g/mol. The largest absolute Gasteiger partial charge is 0.511 e. The molecule has 0 unspecified atom stereocenters. The first-order valence-electron chi connectivity index (χ1n) is 11.5. The molecule has 200 valence electrons. The fraction of sp³-hybridized carbons (Fsp3) is 0.364. The van der Waals surface area contributed by atoms with Gasteiger partial charge in [0.2, 0.25) is 5.78 Å². The van der Waals surface area contributed by atoms with E-state index in [9.17, 15) is 26.4 Å². The van der Waals surface area contributed by atoms with E-state index in [1.807, 2.05) is 13.8 Å². The number of fused-ring (bicyclic) bond motifs is 2. The Balaban J connectivity index is 1.28. The van der Waals surface area contributed by atoms with Gasteiger partial charge in [-0.25, -0.2) is 28.4 Å². The van der Waals surface area contributed by atoms with Gasteiger partial charge in [-0.1, -0.05) is 6.92 Å². The summed E-state index contributed by atoms with van der Waals surface area (Å²) in [6, 6.07) is 1.46. The van der Waals surface area contributed by atoms with E-state index in [0.29, 0.717) is 44.8 Å². The second kappa shape index (κ2) is 9.43. The van der Waals surface area contributed by atoms with Crippen molar-refractivity contribution >= 4 is 21.7 Å². The highest BCUT2D eigenvalue weighted by molar-refractivity contribution is 7.89. The first-order valence-corrected chi connectivity index (χ1v) is 13.0. The number of nitrogens with one attached hydrogen (secondary N) is 1. The third-order valence-corrected chi connectivity index (χ3v) is 7.59. The number of rotatable bonds is 6. The van der Waals surface area contributed by atoms with Gasteiger partial charge in [-0.2, -0.15) is 22.6 Å². The molecular formula is C22H22F3N9O3S. The van der Waals surface area contributed by atoms with E-state index < -0.39 is 22.1 Å². The van der Waals surface area contributed by atoms with Crippen LogP contribution in [0.25, 0.3) is 17.3 Å². The van der Waals surface area contributed by atoms with Crippen LogP contribution in [0.15, 0.2) is 30.9 Å². The molecule has 16 heteroatoms. The summed E-state index contributed by atoms with van der Waals surface area (Å²) in [5, 5.41) is 7.13. The first-order chi connectivity index (χ1) is 18.0. The molecule has 0 atom stereocenters. The monoisotopic (exact) mass is 549 g/mol. The Hall–Kier alpha value is -3.92. The first kappa shape index (κ1) is 25.7. The maximum Gasteiger partial charge on any atom is 0.511 e. The van der Waals surface area contributed by atoms with E-state index >= 15 is 0 Å². The predicted molar refractivity (Wildman–Crippen MR) is 127 cm³/mol. The quantitative estimate of drug-likeness (QED) is 0.384. The number of hydrogen-bond donors (Lipinski definition) is 1. The maximum atomic E-state index is 13.0. The Morgan fingerprint density at radius 2 is 1.87 bits per heavy atom. The molecule has 0 saturated carbocycles. The number of carbonyl (C=O) groups excluding carboxylic acids is 1. The molecule has 4 aromatic rings. The number of aryl methyl sites for hydroxylation is 2. The normalized spacial score (nSPS) is 14.6. The Labute approximate surface area is 214 Å². The second-order valence-corrected chi connectivity index (χ2v) is 10.6. The van der Waals surface area contributed by atoms with Crippen LogP contribution in [0.3, 0.4) is 0 Å². The molecule has 0 spiro atoms. The molecule has 12 nitrogen and oxygen atoms in total. The van der Waals surface area contributed by atoms with Crippen molar-refractivity contribution in [3.63, 3.8) is 0 Å². The van der Waals surface area contributed by atoms with Gasteiger partial charge >= 0.3 is 15.5 Å². The van der Waals surface area contributed by atoms with Crippen LogP contribution in [0, 0.1) is 6.92 Å².